The number of carbonyl (C=O) groups excluding carboxylic acids is 1. The Labute approximate surface area is 133 Å². The molecule has 1 N–H and O–H groups in total. The van der Waals surface area contributed by atoms with Crippen LogP contribution in [0.25, 0.3) is 0 Å². The Kier molecular flexibility index (Phi) is 4.23. The molecule has 0 saturated carbocycles. The van der Waals surface area contributed by atoms with Crippen molar-refractivity contribution in [1.82, 2.24) is 9.88 Å². The molecule has 1 saturated heterocycles. The maximum absolute atomic E-state index is 12.6. The number of amides is 1. The van der Waals surface area contributed by atoms with Gasteiger partial charge in [-0.25, -0.2) is 4.79 Å². The number of hydrogen-bond donors (Lipinski definition) is 1. The molecule has 0 radical (unpaired) electrons. The summed E-state index contributed by atoms with van der Waals surface area (Å²) < 4.78 is 5.68. The number of nitrogens with zero attached hydrogens (tertiary/aromatic N) is 2. The van der Waals surface area contributed by atoms with E-state index in [1.54, 1.807) is 48.8 Å². The summed E-state index contributed by atoms with van der Waals surface area (Å²) in [5, 5.41) is 9.20. The van der Waals surface area contributed by atoms with Crippen molar-refractivity contribution in [2.75, 3.05) is 6.54 Å². The minimum Gasteiger partial charge on any atom is -0.480 e. The standard InChI is InChI=1S/C17H16N2O4/c20-16(19-10-2-5-15(19)17(21)22)12-3-1-4-14(11-12)23-13-6-8-18-9-7-13/h1,3-4,6-9,11,15H,2,5,10H2,(H,21,22)/t15-/m0/s1. The Morgan fingerprint density at radius 1 is 1.17 bits per heavy atom. The van der Waals surface area contributed by atoms with Crippen molar-refractivity contribution in [1.29, 1.82) is 0 Å². The number of hydrogen-bond acceptors (Lipinski definition) is 4. The van der Waals surface area contributed by atoms with Crippen LogP contribution in [-0.2, 0) is 4.79 Å². The molecule has 3 rings (SSSR count). The van der Waals surface area contributed by atoms with Crippen LogP contribution in [0.1, 0.15) is 23.2 Å². The quantitative estimate of drug-likeness (QED) is 0.938. The van der Waals surface area contributed by atoms with Gasteiger partial charge in [0.25, 0.3) is 5.91 Å². The molecule has 118 valence electrons. The van der Waals surface area contributed by atoms with Crippen molar-refractivity contribution in [3.63, 3.8) is 0 Å². The fraction of sp³-hybridized carbons (Fsp3) is 0.235. The van der Waals surface area contributed by atoms with Gasteiger partial charge in [-0.3, -0.25) is 9.78 Å². The second-order valence-electron chi connectivity index (χ2n) is 5.31. The number of carboxylic acids is 1. The van der Waals surface area contributed by atoms with Gasteiger partial charge in [0.1, 0.15) is 17.5 Å². The Balaban J connectivity index is 1.79. The highest BCUT2D eigenvalue weighted by Gasteiger charge is 2.34. The van der Waals surface area contributed by atoms with Gasteiger partial charge in [-0.1, -0.05) is 6.07 Å². The van der Waals surface area contributed by atoms with E-state index in [0.29, 0.717) is 36.4 Å². The van der Waals surface area contributed by atoms with Gasteiger partial charge in [0.05, 0.1) is 0 Å². The third-order valence-electron chi connectivity index (χ3n) is 3.77. The Bertz CT molecular complexity index is 718. The zero-order valence-corrected chi connectivity index (χ0v) is 12.4. The molecular formula is C17H16N2O4. The van der Waals surface area contributed by atoms with Gasteiger partial charge < -0.3 is 14.7 Å². The summed E-state index contributed by atoms with van der Waals surface area (Å²) in [6.07, 6.45) is 4.43. The molecule has 1 aromatic carbocycles. The summed E-state index contributed by atoms with van der Waals surface area (Å²) in [4.78, 5) is 29.1. The minimum absolute atomic E-state index is 0.282. The number of benzene rings is 1. The monoisotopic (exact) mass is 312 g/mol. The predicted octanol–water partition coefficient (Wildman–Crippen LogP) is 2.56. The van der Waals surface area contributed by atoms with Crippen molar-refractivity contribution < 1.29 is 19.4 Å². The fourth-order valence-corrected chi connectivity index (χ4v) is 2.67. The second kappa shape index (κ2) is 6.48. The van der Waals surface area contributed by atoms with Crippen molar-refractivity contribution in [2.24, 2.45) is 0 Å². The van der Waals surface area contributed by atoms with Crippen LogP contribution in [0.4, 0.5) is 0 Å². The summed E-state index contributed by atoms with van der Waals surface area (Å²) in [6, 6.07) is 9.45. The van der Waals surface area contributed by atoms with Crippen LogP contribution in [0.2, 0.25) is 0 Å². The molecule has 1 atom stereocenters. The second-order valence-corrected chi connectivity index (χ2v) is 5.31. The normalized spacial score (nSPS) is 17.0. The van der Waals surface area contributed by atoms with E-state index >= 15 is 0 Å². The SMILES string of the molecule is O=C(O)[C@@H]1CCCN1C(=O)c1cccc(Oc2ccncc2)c1. The van der Waals surface area contributed by atoms with Gasteiger partial charge in [-0.2, -0.15) is 0 Å². The van der Waals surface area contributed by atoms with E-state index in [-0.39, 0.29) is 5.91 Å². The highest BCUT2D eigenvalue weighted by molar-refractivity contribution is 5.97. The Morgan fingerprint density at radius 2 is 1.96 bits per heavy atom. The van der Waals surface area contributed by atoms with Crippen molar-refractivity contribution in [2.45, 2.75) is 18.9 Å². The first-order valence-electron chi connectivity index (χ1n) is 7.37. The average Bonchev–Trinajstić information content (AvgIpc) is 3.05. The summed E-state index contributed by atoms with van der Waals surface area (Å²) in [5.41, 5.74) is 0.421. The van der Waals surface area contributed by atoms with Crippen LogP contribution < -0.4 is 4.74 Å². The largest absolute Gasteiger partial charge is 0.480 e. The van der Waals surface area contributed by atoms with Crippen LogP contribution in [0, 0.1) is 0 Å². The third-order valence-corrected chi connectivity index (χ3v) is 3.77. The maximum atomic E-state index is 12.6. The van der Waals surface area contributed by atoms with E-state index in [1.807, 2.05) is 0 Å². The molecule has 6 nitrogen and oxygen atoms in total. The lowest BCUT2D eigenvalue weighted by molar-refractivity contribution is -0.141. The van der Waals surface area contributed by atoms with E-state index < -0.39 is 12.0 Å². The molecule has 0 aliphatic carbocycles. The molecular weight excluding hydrogens is 296 g/mol. The number of rotatable bonds is 4. The number of aliphatic carboxylic acids is 1. The van der Waals surface area contributed by atoms with E-state index in [2.05, 4.69) is 4.98 Å². The Morgan fingerprint density at radius 3 is 2.70 bits per heavy atom. The molecule has 0 bridgehead atoms. The Hall–Kier alpha value is -2.89. The van der Waals surface area contributed by atoms with Gasteiger partial charge in [0.15, 0.2) is 0 Å². The van der Waals surface area contributed by atoms with Crippen molar-refractivity contribution in [3.8, 4) is 11.5 Å². The number of carboxylic acid groups (broad SMARTS) is 1. The topological polar surface area (TPSA) is 79.7 Å². The minimum atomic E-state index is -0.958. The van der Waals surface area contributed by atoms with Crippen LogP contribution in [-0.4, -0.2) is 39.5 Å². The third kappa shape index (κ3) is 3.31. The zero-order chi connectivity index (χ0) is 16.2. The van der Waals surface area contributed by atoms with Crippen LogP contribution in [0.3, 0.4) is 0 Å². The predicted molar refractivity (Wildman–Crippen MR) is 82.4 cm³/mol. The van der Waals surface area contributed by atoms with Gasteiger partial charge in [-0.05, 0) is 43.2 Å². The molecule has 1 fully saturated rings. The number of ether oxygens (including phenoxy) is 1. The van der Waals surface area contributed by atoms with Gasteiger partial charge >= 0.3 is 5.97 Å². The lowest BCUT2D eigenvalue weighted by Crippen LogP contribution is -2.40. The molecule has 6 heteroatoms. The fourth-order valence-electron chi connectivity index (χ4n) is 2.67. The smallest absolute Gasteiger partial charge is 0.326 e. The van der Waals surface area contributed by atoms with Gasteiger partial charge in [0, 0.05) is 24.5 Å². The molecule has 1 amide bonds. The molecule has 2 heterocycles. The summed E-state index contributed by atoms with van der Waals surface area (Å²) >= 11 is 0. The lowest BCUT2D eigenvalue weighted by Gasteiger charge is -2.21. The lowest BCUT2D eigenvalue weighted by atomic mass is 10.1. The number of carbonyl (C=O) groups is 2. The zero-order valence-electron chi connectivity index (χ0n) is 12.4. The molecule has 0 spiro atoms. The van der Waals surface area contributed by atoms with Crippen molar-refractivity contribution >= 4 is 11.9 Å². The summed E-state index contributed by atoms with van der Waals surface area (Å²) in [7, 11) is 0. The molecule has 0 unspecified atom stereocenters. The van der Waals surface area contributed by atoms with E-state index in [9.17, 15) is 14.7 Å². The molecule has 1 aliphatic rings. The first kappa shape index (κ1) is 15.0. The first-order chi connectivity index (χ1) is 11.1. The van der Waals surface area contributed by atoms with Crippen LogP contribution >= 0.6 is 0 Å². The van der Waals surface area contributed by atoms with E-state index in [1.165, 1.54) is 4.90 Å². The summed E-state index contributed by atoms with van der Waals surface area (Å²) in [5.74, 6) is -0.0996. The van der Waals surface area contributed by atoms with E-state index in [0.717, 1.165) is 0 Å². The molecule has 1 aliphatic heterocycles. The number of pyridine rings is 1. The average molecular weight is 312 g/mol. The van der Waals surface area contributed by atoms with Crippen LogP contribution in [0.5, 0.6) is 11.5 Å². The van der Waals surface area contributed by atoms with Crippen molar-refractivity contribution in [3.05, 3.63) is 54.4 Å². The maximum Gasteiger partial charge on any atom is 0.326 e. The molecule has 1 aromatic heterocycles. The number of likely N-dealkylation sites (tertiary alicyclic amines) is 1. The number of aromatic nitrogens is 1. The van der Waals surface area contributed by atoms with Gasteiger partial charge in [0.2, 0.25) is 0 Å². The van der Waals surface area contributed by atoms with Crippen LogP contribution in [0.15, 0.2) is 48.8 Å². The van der Waals surface area contributed by atoms with E-state index in [4.69, 9.17) is 4.74 Å². The summed E-state index contributed by atoms with van der Waals surface area (Å²) in [6.45, 7) is 0.464. The highest BCUT2D eigenvalue weighted by atomic mass is 16.5. The highest BCUT2D eigenvalue weighted by Crippen LogP contribution is 2.24. The molecule has 2 aromatic rings. The van der Waals surface area contributed by atoms with Gasteiger partial charge in [-0.15, -0.1) is 0 Å². The first-order valence-corrected chi connectivity index (χ1v) is 7.37. The molecule has 23 heavy (non-hydrogen) atoms.